The Labute approximate surface area is 184 Å². The number of hydrogen-bond acceptors (Lipinski definition) is 7. The first-order chi connectivity index (χ1) is 15.5. The Bertz CT molecular complexity index is 1130. The number of ether oxygens (including phenoxy) is 4. The van der Waals surface area contributed by atoms with Gasteiger partial charge >= 0.3 is 5.97 Å². The third kappa shape index (κ3) is 5.77. The number of nitriles is 1. The smallest absolute Gasteiger partial charge is 0.343 e. The Morgan fingerprint density at radius 1 is 0.875 bits per heavy atom. The average molecular weight is 432 g/mol. The van der Waals surface area contributed by atoms with Gasteiger partial charge in [0, 0.05) is 5.69 Å². The molecular formula is C24H20N2O6. The normalized spacial score (nSPS) is 9.91. The fourth-order valence-electron chi connectivity index (χ4n) is 2.69. The average Bonchev–Trinajstić information content (AvgIpc) is 2.83. The van der Waals surface area contributed by atoms with E-state index in [9.17, 15) is 9.59 Å². The molecule has 0 aliphatic rings. The quantitative estimate of drug-likeness (QED) is 0.426. The molecule has 0 aliphatic carbocycles. The van der Waals surface area contributed by atoms with Crippen LogP contribution in [0.5, 0.6) is 23.0 Å². The van der Waals surface area contributed by atoms with Crippen molar-refractivity contribution >= 4 is 17.6 Å². The molecule has 0 atom stereocenters. The summed E-state index contributed by atoms with van der Waals surface area (Å²) in [6.07, 6.45) is 0. The van der Waals surface area contributed by atoms with Crippen LogP contribution in [0.2, 0.25) is 0 Å². The topological polar surface area (TPSA) is 107 Å². The van der Waals surface area contributed by atoms with E-state index in [1.165, 1.54) is 37.4 Å². The van der Waals surface area contributed by atoms with Crippen molar-refractivity contribution in [3.8, 4) is 29.1 Å². The molecule has 0 saturated heterocycles. The molecule has 1 amide bonds. The summed E-state index contributed by atoms with van der Waals surface area (Å²) in [5.74, 6) is 0.604. The molecule has 32 heavy (non-hydrogen) atoms. The number of nitrogens with zero attached hydrogens (tertiary/aromatic N) is 1. The van der Waals surface area contributed by atoms with E-state index in [1.54, 1.807) is 43.5 Å². The summed E-state index contributed by atoms with van der Waals surface area (Å²) in [5, 5.41) is 11.5. The highest BCUT2D eigenvalue weighted by Gasteiger charge is 2.14. The second kappa shape index (κ2) is 10.5. The van der Waals surface area contributed by atoms with Crippen molar-refractivity contribution in [2.45, 2.75) is 0 Å². The third-order valence-corrected chi connectivity index (χ3v) is 4.33. The van der Waals surface area contributed by atoms with Crippen molar-refractivity contribution < 1.29 is 28.5 Å². The van der Waals surface area contributed by atoms with Crippen LogP contribution >= 0.6 is 0 Å². The molecule has 3 aromatic rings. The molecule has 0 spiro atoms. The molecule has 0 aromatic heterocycles. The van der Waals surface area contributed by atoms with Crippen LogP contribution in [-0.4, -0.2) is 32.7 Å². The Morgan fingerprint density at radius 2 is 1.56 bits per heavy atom. The molecule has 8 heteroatoms. The Morgan fingerprint density at radius 3 is 2.19 bits per heavy atom. The van der Waals surface area contributed by atoms with Gasteiger partial charge in [-0.2, -0.15) is 5.26 Å². The number of hydrogen-bond donors (Lipinski definition) is 1. The number of anilines is 1. The van der Waals surface area contributed by atoms with E-state index in [2.05, 4.69) is 5.32 Å². The minimum absolute atomic E-state index is 0.237. The van der Waals surface area contributed by atoms with Gasteiger partial charge in [-0.3, -0.25) is 4.79 Å². The highest BCUT2D eigenvalue weighted by Crippen LogP contribution is 2.29. The van der Waals surface area contributed by atoms with Crippen LogP contribution in [0.4, 0.5) is 5.69 Å². The van der Waals surface area contributed by atoms with Crippen LogP contribution in [0.3, 0.4) is 0 Å². The summed E-state index contributed by atoms with van der Waals surface area (Å²) in [7, 11) is 2.99. The molecule has 0 saturated carbocycles. The van der Waals surface area contributed by atoms with Gasteiger partial charge in [-0.25, -0.2) is 4.79 Å². The fourth-order valence-corrected chi connectivity index (χ4v) is 2.69. The van der Waals surface area contributed by atoms with Crippen LogP contribution in [0.25, 0.3) is 0 Å². The van der Waals surface area contributed by atoms with Gasteiger partial charge < -0.3 is 24.3 Å². The molecule has 3 aromatic carbocycles. The SMILES string of the molecule is COc1ccc(NC(=O)COc2ccc(C(=O)Oc3ccc(C#N)cc3)cc2OC)cc1. The lowest BCUT2D eigenvalue weighted by Crippen LogP contribution is -2.20. The van der Waals surface area contributed by atoms with E-state index in [0.717, 1.165) is 0 Å². The molecule has 0 radical (unpaired) electrons. The Balaban J connectivity index is 1.60. The molecule has 8 nitrogen and oxygen atoms in total. The first kappa shape index (κ1) is 22.2. The molecule has 0 heterocycles. The van der Waals surface area contributed by atoms with Gasteiger partial charge in [-0.05, 0) is 66.7 Å². The van der Waals surface area contributed by atoms with Crippen molar-refractivity contribution in [1.82, 2.24) is 0 Å². The van der Waals surface area contributed by atoms with Crippen molar-refractivity contribution in [3.05, 3.63) is 77.9 Å². The molecule has 0 bridgehead atoms. The minimum Gasteiger partial charge on any atom is -0.497 e. The van der Waals surface area contributed by atoms with E-state index >= 15 is 0 Å². The molecule has 0 fully saturated rings. The summed E-state index contributed by atoms with van der Waals surface area (Å²) < 4.78 is 21.2. The van der Waals surface area contributed by atoms with Gasteiger partial charge in [-0.1, -0.05) is 0 Å². The zero-order valence-electron chi connectivity index (χ0n) is 17.5. The number of esters is 1. The second-order valence-electron chi connectivity index (χ2n) is 6.46. The predicted molar refractivity (Wildman–Crippen MR) is 116 cm³/mol. The van der Waals surface area contributed by atoms with Crippen molar-refractivity contribution in [3.63, 3.8) is 0 Å². The summed E-state index contributed by atoms with van der Waals surface area (Å²) in [6.45, 7) is -0.253. The first-order valence-electron chi connectivity index (χ1n) is 9.49. The minimum atomic E-state index is -0.600. The van der Waals surface area contributed by atoms with Crippen LogP contribution in [0.1, 0.15) is 15.9 Å². The van der Waals surface area contributed by atoms with E-state index in [4.69, 9.17) is 24.2 Å². The molecule has 3 rings (SSSR count). The summed E-state index contributed by atoms with van der Waals surface area (Å²) in [5.41, 5.74) is 1.30. The maximum absolute atomic E-state index is 12.4. The maximum Gasteiger partial charge on any atom is 0.343 e. The number of carbonyl (C=O) groups excluding carboxylic acids is 2. The summed E-state index contributed by atoms with van der Waals surface area (Å²) in [6, 6.07) is 19.5. The van der Waals surface area contributed by atoms with Crippen molar-refractivity contribution in [2.24, 2.45) is 0 Å². The van der Waals surface area contributed by atoms with Crippen LogP contribution in [-0.2, 0) is 4.79 Å². The summed E-state index contributed by atoms with van der Waals surface area (Å²) in [4.78, 5) is 24.6. The predicted octanol–water partition coefficient (Wildman–Crippen LogP) is 3.81. The lowest BCUT2D eigenvalue weighted by molar-refractivity contribution is -0.118. The third-order valence-electron chi connectivity index (χ3n) is 4.33. The summed E-state index contributed by atoms with van der Waals surface area (Å²) >= 11 is 0. The number of amides is 1. The number of rotatable bonds is 8. The number of benzene rings is 3. The number of nitrogens with one attached hydrogen (secondary N) is 1. The molecule has 162 valence electrons. The van der Waals surface area contributed by atoms with Gasteiger partial charge in [-0.15, -0.1) is 0 Å². The molecule has 0 unspecified atom stereocenters. The van der Waals surface area contributed by atoms with Crippen molar-refractivity contribution in [2.75, 3.05) is 26.1 Å². The lowest BCUT2D eigenvalue weighted by Gasteiger charge is -2.12. The highest BCUT2D eigenvalue weighted by atomic mass is 16.5. The van der Waals surface area contributed by atoms with E-state index in [1.807, 2.05) is 6.07 Å². The second-order valence-corrected chi connectivity index (χ2v) is 6.46. The van der Waals surface area contributed by atoms with E-state index < -0.39 is 5.97 Å². The van der Waals surface area contributed by atoms with Crippen LogP contribution < -0.4 is 24.3 Å². The van der Waals surface area contributed by atoms with Gasteiger partial charge in [0.05, 0.1) is 31.4 Å². The van der Waals surface area contributed by atoms with Crippen LogP contribution in [0, 0.1) is 11.3 Å². The standard InChI is InChI=1S/C24H20N2O6/c1-29-19-10-6-18(7-11-19)26-23(27)15-31-21-12-5-17(13-22(21)30-2)24(28)32-20-8-3-16(14-25)4-9-20/h3-13H,15H2,1-2H3,(H,26,27). The van der Waals surface area contributed by atoms with Crippen LogP contribution in [0.15, 0.2) is 66.7 Å². The number of methoxy groups -OCH3 is 2. The highest BCUT2D eigenvalue weighted by molar-refractivity contribution is 5.93. The zero-order chi connectivity index (χ0) is 22.9. The molecule has 1 N–H and O–H groups in total. The van der Waals surface area contributed by atoms with E-state index in [-0.39, 0.29) is 23.8 Å². The largest absolute Gasteiger partial charge is 0.497 e. The molecule has 0 aliphatic heterocycles. The first-order valence-corrected chi connectivity index (χ1v) is 9.49. The van der Waals surface area contributed by atoms with Gasteiger partial charge in [0.15, 0.2) is 18.1 Å². The number of carbonyl (C=O) groups is 2. The van der Waals surface area contributed by atoms with Gasteiger partial charge in [0.25, 0.3) is 5.91 Å². The monoisotopic (exact) mass is 432 g/mol. The van der Waals surface area contributed by atoms with Crippen molar-refractivity contribution in [1.29, 1.82) is 5.26 Å². The molecular weight excluding hydrogens is 412 g/mol. The van der Waals surface area contributed by atoms with Gasteiger partial charge in [0.1, 0.15) is 11.5 Å². The maximum atomic E-state index is 12.4. The van der Waals surface area contributed by atoms with Gasteiger partial charge in [0.2, 0.25) is 0 Å². The zero-order valence-corrected chi connectivity index (χ0v) is 17.5. The van der Waals surface area contributed by atoms with E-state index in [0.29, 0.717) is 28.5 Å². The Kier molecular flexibility index (Phi) is 7.28. The Hall–Kier alpha value is -4.51. The fraction of sp³-hybridized carbons (Fsp3) is 0.125. The lowest BCUT2D eigenvalue weighted by atomic mass is 10.2.